The van der Waals surface area contributed by atoms with Crippen molar-refractivity contribution in [1.29, 1.82) is 0 Å². The molecule has 8 heteroatoms. The van der Waals surface area contributed by atoms with E-state index in [0.717, 1.165) is 24.8 Å². The molecule has 1 fully saturated rings. The van der Waals surface area contributed by atoms with Crippen LogP contribution in [-0.4, -0.2) is 55.5 Å². The molecule has 27 heavy (non-hydrogen) atoms. The maximum atomic E-state index is 13.3. The van der Waals surface area contributed by atoms with Gasteiger partial charge in [-0.05, 0) is 68.3 Å². The standard InChI is InChI=1S/C19H27FN6O/c1-14(2)24(3)12-18-21-22-23-26(18)13-19(27)25-11-5-4-6-17(25)15-7-9-16(20)10-8-15/h7-10,14,17H,4-6,11-13H2,1-3H3. The highest BCUT2D eigenvalue weighted by molar-refractivity contribution is 5.76. The van der Waals surface area contributed by atoms with E-state index in [9.17, 15) is 9.18 Å². The number of halogens is 1. The molecule has 0 aliphatic carbocycles. The summed E-state index contributed by atoms with van der Waals surface area (Å²) in [5, 5.41) is 11.8. The molecule has 1 atom stereocenters. The molecule has 1 amide bonds. The maximum absolute atomic E-state index is 13.3. The third-order valence-electron chi connectivity index (χ3n) is 5.24. The minimum absolute atomic E-state index is 0.00947. The fraction of sp³-hybridized carbons (Fsp3) is 0.579. The Bertz CT molecular complexity index is 760. The van der Waals surface area contributed by atoms with Gasteiger partial charge in [0.2, 0.25) is 5.91 Å². The van der Waals surface area contributed by atoms with Gasteiger partial charge in [0, 0.05) is 12.6 Å². The van der Waals surface area contributed by atoms with Gasteiger partial charge in [0.15, 0.2) is 5.82 Å². The summed E-state index contributed by atoms with van der Waals surface area (Å²) in [6, 6.07) is 6.78. The summed E-state index contributed by atoms with van der Waals surface area (Å²) in [7, 11) is 2.00. The summed E-state index contributed by atoms with van der Waals surface area (Å²) in [5.74, 6) is 0.403. The van der Waals surface area contributed by atoms with Crippen LogP contribution in [0.3, 0.4) is 0 Å². The average Bonchev–Trinajstić information content (AvgIpc) is 3.09. The SMILES string of the molecule is CC(C)N(C)Cc1nnnn1CC(=O)N1CCCCC1c1ccc(F)cc1. The highest BCUT2D eigenvalue weighted by atomic mass is 19.1. The lowest BCUT2D eigenvalue weighted by Gasteiger charge is -2.36. The van der Waals surface area contributed by atoms with Crippen LogP contribution >= 0.6 is 0 Å². The molecule has 0 N–H and O–H groups in total. The van der Waals surface area contributed by atoms with Crippen molar-refractivity contribution in [2.24, 2.45) is 0 Å². The Morgan fingerprint density at radius 3 is 2.74 bits per heavy atom. The smallest absolute Gasteiger partial charge is 0.244 e. The largest absolute Gasteiger partial charge is 0.334 e. The molecule has 1 aliphatic rings. The van der Waals surface area contributed by atoms with Gasteiger partial charge in [0.05, 0.1) is 12.6 Å². The van der Waals surface area contributed by atoms with E-state index >= 15 is 0 Å². The second kappa shape index (κ2) is 8.56. The number of carbonyl (C=O) groups excluding carboxylic acids is 1. The van der Waals surface area contributed by atoms with Crippen LogP contribution in [-0.2, 0) is 17.9 Å². The monoisotopic (exact) mass is 374 g/mol. The lowest BCUT2D eigenvalue weighted by molar-refractivity contribution is -0.136. The molecule has 1 saturated heterocycles. The number of aromatic nitrogens is 4. The van der Waals surface area contributed by atoms with E-state index in [1.54, 1.807) is 16.8 Å². The molecule has 0 radical (unpaired) electrons. The lowest BCUT2D eigenvalue weighted by Crippen LogP contribution is -2.41. The molecule has 2 heterocycles. The topological polar surface area (TPSA) is 67.2 Å². The average molecular weight is 374 g/mol. The number of hydrogen-bond donors (Lipinski definition) is 0. The Morgan fingerprint density at radius 2 is 2.04 bits per heavy atom. The first-order valence-electron chi connectivity index (χ1n) is 9.46. The highest BCUT2D eigenvalue weighted by Gasteiger charge is 2.28. The molecular formula is C19H27FN6O. The molecule has 0 spiro atoms. The van der Waals surface area contributed by atoms with Crippen LogP contribution in [0.2, 0.25) is 0 Å². The zero-order valence-corrected chi connectivity index (χ0v) is 16.2. The molecule has 3 rings (SSSR count). The number of piperidine rings is 1. The van der Waals surface area contributed by atoms with Crippen molar-refractivity contribution in [3.8, 4) is 0 Å². The Kier molecular flexibility index (Phi) is 6.15. The van der Waals surface area contributed by atoms with Gasteiger partial charge < -0.3 is 4.90 Å². The molecule has 2 aromatic rings. The van der Waals surface area contributed by atoms with Crippen LogP contribution in [0.4, 0.5) is 4.39 Å². The van der Waals surface area contributed by atoms with Crippen molar-refractivity contribution in [2.75, 3.05) is 13.6 Å². The van der Waals surface area contributed by atoms with Crippen molar-refractivity contribution in [2.45, 2.75) is 58.3 Å². The molecule has 1 aromatic heterocycles. The number of amides is 1. The second-order valence-corrected chi connectivity index (χ2v) is 7.41. The minimum atomic E-state index is -0.264. The van der Waals surface area contributed by atoms with E-state index in [-0.39, 0.29) is 24.3 Å². The normalized spacial score (nSPS) is 17.7. The summed E-state index contributed by atoms with van der Waals surface area (Å²) in [5.41, 5.74) is 0.973. The number of tetrazole rings is 1. The Labute approximate surface area is 159 Å². The molecule has 1 aliphatic heterocycles. The number of hydrogen-bond acceptors (Lipinski definition) is 5. The number of rotatable bonds is 6. The van der Waals surface area contributed by atoms with Crippen molar-refractivity contribution < 1.29 is 9.18 Å². The molecule has 1 unspecified atom stereocenters. The number of likely N-dealkylation sites (tertiary alicyclic amines) is 1. The summed E-state index contributed by atoms with van der Waals surface area (Å²) in [4.78, 5) is 17.0. The van der Waals surface area contributed by atoms with Crippen LogP contribution in [0.25, 0.3) is 0 Å². The molecule has 146 valence electrons. The summed E-state index contributed by atoms with van der Waals surface area (Å²) >= 11 is 0. The van der Waals surface area contributed by atoms with E-state index in [1.807, 2.05) is 11.9 Å². The van der Waals surface area contributed by atoms with Gasteiger partial charge in [-0.25, -0.2) is 9.07 Å². The lowest BCUT2D eigenvalue weighted by atomic mass is 9.95. The van der Waals surface area contributed by atoms with Gasteiger partial charge in [-0.15, -0.1) is 5.10 Å². The van der Waals surface area contributed by atoms with Crippen molar-refractivity contribution in [3.63, 3.8) is 0 Å². The zero-order valence-electron chi connectivity index (χ0n) is 16.2. The highest BCUT2D eigenvalue weighted by Crippen LogP contribution is 2.31. The third-order valence-corrected chi connectivity index (χ3v) is 5.24. The van der Waals surface area contributed by atoms with Crippen molar-refractivity contribution >= 4 is 5.91 Å². The molecular weight excluding hydrogens is 347 g/mol. The van der Waals surface area contributed by atoms with Crippen LogP contribution in [0.15, 0.2) is 24.3 Å². The van der Waals surface area contributed by atoms with Crippen molar-refractivity contribution in [1.82, 2.24) is 30.0 Å². The van der Waals surface area contributed by atoms with Gasteiger partial charge in [-0.2, -0.15) is 0 Å². The van der Waals surface area contributed by atoms with Crippen LogP contribution in [0, 0.1) is 5.82 Å². The first kappa shape index (κ1) is 19.4. The first-order valence-corrected chi connectivity index (χ1v) is 9.46. The molecule has 0 bridgehead atoms. The van der Waals surface area contributed by atoms with Crippen molar-refractivity contribution in [3.05, 3.63) is 41.5 Å². The van der Waals surface area contributed by atoms with Gasteiger partial charge in [0.1, 0.15) is 12.4 Å². The maximum Gasteiger partial charge on any atom is 0.244 e. The third kappa shape index (κ3) is 4.68. The van der Waals surface area contributed by atoms with Crippen LogP contribution < -0.4 is 0 Å². The summed E-state index contributed by atoms with van der Waals surface area (Å²) in [6.07, 6.45) is 2.92. The predicted octanol–water partition coefficient (Wildman–Crippen LogP) is 2.41. The van der Waals surface area contributed by atoms with Crippen LogP contribution in [0.5, 0.6) is 0 Å². The Balaban J connectivity index is 1.73. The minimum Gasteiger partial charge on any atom is -0.334 e. The Morgan fingerprint density at radius 1 is 1.30 bits per heavy atom. The fourth-order valence-corrected chi connectivity index (χ4v) is 3.35. The van der Waals surface area contributed by atoms with Gasteiger partial charge >= 0.3 is 0 Å². The van der Waals surface area contributed by atoms with E-state index in [0.29, 0.717) is 25.0 Å². The first-order chi connectivity index (χ1) is 13.0. The molecule has 0 saturated carbocycles. The summed E-state index contributed by atoms with van der Waals surface area (Å²) in [6.45, 7) is 5.59. The number of carbonyl (C=O) groups is 1. The fourth-order valence-electron chi connectivity index (χ4n) is 3.35. The number of nitrogens with zero attached hydrogens (tertiary/aromatic N) is 6. The molecule has 1 aromatic carbocycles. The quantitative estimate of drug-likeness (QED) is 0.777. The van der Waals surface area contributed by atoms with E-state index in [1.165, 1.54) is 12.1 Å². The Hall–Kier alpha value is -2.35. The number of benzene rings is 1. The van der Waals surface area contributed by atoms with Gasteiger partial charge in [-0.1, -0.05) is 12.1 Å². The van der Waals surface area contributed by atoms with Crippen LogP contribution in [0.1, 0.15) is 50.5 Å². The van der Waals surface area contributed by atoms with E-state index < -0.39 is 0 Å². The second-order valence-electron chi connectivity index (χ2n) is 7.41. The van der Waals surface area contributed by atoms with Gasteiger partial charge in [-0.3, -0.25) is 9.69 Å². The zero-order chi connectivity index (χ0) is 19.4. The van der Waals surface area contributed by atoms with E-state index in [2.05, 4.69) is 34.3 Å². The van der Waals surface area contributed by atoms with Gasteiger partial charge in [0.25, 0.3) is 0 Å². The molecule has 7 nitrogen and oxygen atoms in total. The summed E-state index contributed by atoms with van der Waals surface area (Å²) < 4.78 is 14.8. The predicted molar refractivity (Wildman–Crippen MR) is 99.1 cm³/mol. The van der Waals surface area contributed by atoms with E-state index in [4.69, 9.17) is 0 Å².